The molecule has 0 aromatic carbocycles. The number of halogens is 1. The summed E-state index contributed by atoms with van der Waals surface area (Å²) in [5.41, 5.74) is 4.80. The molecule has 0 bridgehead atoms. The second-order valence-electron chi connectivity index (χ2n) is 4.59. The minimum atomic E-state index is -0.434. The second kappa shape index (κ2) is 9.57. The molecule has 8 heteroatoms. The van der Waals surface area contributed by atoms with E-state index < -0.39 is 11.7 Å². The number of nitrogens with one attached hydrogen (secondary N) is 2. The topological polar surface area (TPSA) is 106 Å². The first kappa shape index (κ1) is 17.7. The lowest BCUT2D eigenvalue weighted by atomic mass is 10.2. The molecule has 7 nitrogen and oxygen atoms in total. The fourth-order valence-electron chi connectivity index (χ4n) is 0.951. The predicted molar refractivity (Wildman–Crippen MR) is 74.1 cm³/mol. The molecule has 1 rings (SSSR count). The predicted octanol–water partition coefficient (Wildman–Crippen LogP) is 1.06. The number of carbonyl (C=O) groups is 1. The van der Waals surface area contributed by atoms with Gasteiger partial charge in [-0.05, 0) is 27.3 Å². The van der Waals surface area contributed by atoms with Crippen molar-refractivity contribution in [1.29, 1.82) is 0 Å². The van der Waals surface area contributed by atoms with Crippen LogP contribution in [0.1, 0.15) is 26.6 Å². The van der Waals surface area contributed by atoms with Gasteiger partial charge in [-0.1, -0.05) is 0 Å². The van der Waals surface area contributed by atoms with Crippen molar-refractivity contribution in [2.75, 3.05) is 19.0 Å². The van der Waals surface area contributed by atoms with E-state index in [1.807, 2.05) is 20.8 Å². The van der Waals surface area contributed by atoms with Gasteiger partial charge in [0.25, 0.3) is 0 Å². The molecule has 0 saturated carbocycles. The Hall–Kier alpha value is -1.34. The summed E-state index contributed by atoms with van der Waals surface area (Å²) in [7, 11) is 0. The smallest absolute Gasteiger partial charge is 0.407 e. The Bertz CT molecular complexity index is 337. The van der Waals surface area contributed by atoms with Gasteiger partial charge in [-0.15, -0.1) is 11.6 Å². The van der Waals surface area contributed by atoms with Gasteiger partial charge in [0.15, 0.2) is 0 Å². The first-order valence-corrected chi connectivity index (χ1v) is 6.49. The number of nitrogens with two attached hydrogens (primary N) is 1. The number of H-pyrrole nitrogens is 1. The van der Waals surface area contributed by atoms with Crippen molar-refractivity contribution in [3.05, 3.63) is 12.2 Å². The maximum absolute atomic E-state index is 10.8. The van der Waals surface area contributed by atoms with Gasteiger partial charge in [-0.3, -0.25) is 5.10 Å². The average Bonchev–Trinajstić information content (AvgIpc) is 2.78. The minimum absolute atomic E-state index is 0.402. The minimum Gasteiger partial charge on any atom is -0.444 e. The maximum atomic E-state index is 10.8. The molecular formula is C11H22ClN5O2. The van der Waals surface area contributed by atoms with Crippen molar-refractivity contribution in [3.8, 4) is 0 Å². The quantitative estimate of drug-likeness (QED) is 0.719. The maximum Gasteiger partial charge on any atom is 0.407 e. The summed E-state index contributed by atoms with van der Waals surface area (Å²) < 4.78 is 4.93. The lowest BCUT2D eigenvalue weighted by Gasteiger charge is -2.19. The summed E-state index contributed by atoms with van der Waals surface area (Å²) in [5, 5.41) is 8.84. The number of rotatable bonds is 4. The first-order valence-electron chi connectivity index (χ1n) is 5.96. The fourth-order valence-corrected chi connectivity index (χ4v) is 1.05. The zero-order valence-corrected chi connectivity index (χ0v) is 12.3. The molecule has 0 aliphatic rings. The molecule has 1 aromatic rings. The Labute approximate surface area is 118 Å². The van der Waals surface area contributed by atoms with E-state index >= 15 is 0 Å². The largest absolute Gasteiger partial charge is 0.444 e. The van der Waals surface area contributed by atoms with Crippen LogP contribution in [0.15, 0.2) is 6.33 Å². The number of aromatic nitrogens is 3. The zero-order chi connectivity index (χ0) is 14.7. The van der Waals surface area contributed by atoms with Gasteiger partial charge >= 0.3 is 6.09 Å². The molecule has 19 heavy (non-hydrogen) atoms. The van der Waals surface area contributed by atoms with Crippen LogP contribution >= 0.6 is 11.6 Å². The molecular weight excluding hydrogens is 270 g/mol. The lowest BCUT2D eigenvalue weighted by Crippen LogP contribution is -2.33. The number of carbonyl (C=O) groups excluding carboxylic acids is 1. The molecule has 110 valence electrons. The Morgan fingerprint density at radius 1 is 1.58 bits per heavy atom. The van der Waals surface area contributed by atoms with Gasteiger partial charge < -0.3 is 15.8 Å². The number of hydrogen-bond donors (Lipinski definition) is 3. The Morgan fingerprint density at radius 2 is 2.26 bits per heavy atom. The van der Waals surface area contributed by atoms with Crippen LogP contribution in [0.3, 0.4) is 0 Å². The lowest BCUT2D eigenvalue weighted by molar-refractivity contribution is 0.0531. The van der Waals surface area contributed by atoms with E-state index in [1.165, 1.54) is 6.33 Å². The number of alkyl halides is 1. The van der Waals surface area contributed by atoms with Crippen molar-refractivity contribution in [3.63, 3.8) is 0 Å². The second-order valence-corrected chi connectivity index (χ2v) is 4.97. The molecule has 0 spiro atoms. The van der Waals surface area contributed by atoms with Gasteiger partial charge in [0.2, 0.25) is 0 Å². The number of alkyl carbamates (subject to hydrolysis) is 1. The molecule has 0 atom stereocenters. The average molecular weight is 292 g/mol. The molecule has 1 aromatic heterocycles. The Morgan fingerprint density at radius 3 is 2.68 bits per heavy atom. The molecule has 1 heterocycles. The van der Waals surface area contributed by atoms with Gasteiger partial charge in [0.05, 0.1) is 0 Å². The van der Waals surface area contributed by atoms with Crippen LogP contribution in [-0.2, 0) is 11.2 Å². The SMILES string of the molecule is CC(C)(C)OC(=O)NCCCl.NCCc1ncn[nH]1. The molecule has 0 aliphatic heterocycles. The van der Waals surface area contributed by atoms with E-state index in [9.17, 15) is 4.79 Å². The first-order chi connectivity index (χ1) is 8.89. The van der Waals surface area contributed by atoms with Crippen molar-refractivity contribution >= 4 is 17.7 Å². The van der Waals surface area contributed by atoms with Gasteiger partial charge in [0.1, 0.15) is 17.8 Å². The van der Waals surface area contributed by atoms with Crippen molar-refractivity contribution < 1.29 is 9.53 Å². The Kier molecular flexibility index (Phi) is 8.90. The number of aromatic amines is 1. The Balaban J connectivity index is 0.000000356. The highest BCUT2D eigenvalue weighted by Gasteiger charge is 2.14. The van der Waals surface area contributed by atoms with Crippen molar-refractivity contribution in [2.24, 2.45) is 5.73 Å². The zero-order valence-electron chi connectivity index (χ0n) is 11.6. The van der Waals surface area contributed by atoms with Crippen LogP contribution in [0.25, 0.3) is 0 Å². The number of hydrogen-bond acceptors (Lipinski definition) is 5. The van der Waals surface area contributed by atoms with E-state index in [0.717, 1.165) is 12.2 Å². The van der Waals surface area contributed by atoms with Crippen LogP contribution in [0, 0.1) is 0 Å². The van der Waals surface area contributed by atoms with Crippen LogP contribution in [0.4, 0.5) is 4.79 Å². The monoisotopic (exact) mass is 291 g/mol. The molecule has 4 N–H and O–H groups in total. The normalized spacial score (nSPS) is 10.4. The molecule has 1 amide bonds. The fraction of sp³-hybridized carbons (Fsp3) is 0.727. The van der Waals surface area contributed by atoms with Crippen LogP contribution in [0.2, 0.25) is 0 Å². The van der Waals surface area contributed by atoms with Crippen molar-refractivity contribution in [2.45, 2.75) is 32.8 Å². The molecule has 0 aliphatic carbocycles. The summed E-state index contributed by atoms with van der Waals surface area (Å²) in [4.78, 5) is 14.7. The summed E-state index contributed by atoms with van der Waals surface area (Å²) in [5.74, 6) is 1.26. The van der Waals surface area contributed by atoms with E-state index in [0.29, 0.717) is 19.0 Å². The van der Waals surface area contributed by atoms with Crippen LogP contribution in [0.5, 0.6) is 0 Å². The molecule has 0 radical (unpaired) electrons. The number of nitrogens with zero attached hydrogens (tertiary/aromatic N) is 2. The van der Waals surface area contributed by atoms with E-state index in [4.69, 9.17) is 22.1 Å². The van der Waals surface area contributed by atoms with E-state index in [2.05, 4.69) is 20.5 Å². The third kappa shape index (κ3) is 11.5. The highest BCUT2D eigenvalue weighted by molar-refractivity contribution is 6.18. The number of amides is 1. The van der Waals surface area contributed by atoms with E-state index in [1.54, 1.807) is 0 Å². The highest BCUT2D eigenvalue weighted by Crippen LogP contribution is 2.05. The van der Waals surface area contributed by atoms with Gasteiger partial charge in [0, 0.05) is 18.8 Å². The summed E-state index contributed by atoms with van der Waals surface area (Å²) in [6.45, 7) is 6.50. The summed E-state index contributed by atoms with van der Waals surface area (Å²) in [6.07, 6.45) is 1.84. The number of ether oxygens (including phenoxy) is 1. The molecule has 0 saturated heterocycles. The molecule has 0 unspecified atom stereocenters. The highest BCUT2D eigenvalue weighted by atomic mass is 35.5. The van der Waals surface area contributed by atoms with Gasteiger partial charge in [-0.25, -0.2) is 9.78 Å². The summed E-state index contributed by atoms with van der Waals surface area (Å²) >= 11 is 5.35. The third-order valence-electron chi connectivity index (χ3n) is 1.61. The third-order valence-corrected chi connectivity index (χ3v) is 1.80. The summed E-state index contributed by atoms with van der Waals surface area (Å²) in [6, 6.07) is 0. The van der Waals surface area contributed by atoms with Crippen molar-refractivity contribution in [1.82, 2.24) is 20.5 Å². The van der Waals surface area contributed by atoms with Crippen LogP contribution < -0.4 is 11.1 Å². The molecule has 0 fully saturated rings. The standard InChI is InChI=1S/C7H14ClNO2.C4H8N4/c1-7(2,3)11-6(10)9-5-4-8;5-2-1-4-6-3-7-8-4/h4-5H2,1-3H3,(H,9,10);3H,1-2,5H2,(H,6,7,8). The van der Waals surface area contributed by atoms with E-state index in [-0.39, 0.29) is 0 Å². The van der Waals surface area contributed by atoms with Gasteiger partial charge in [-0.2, -0.15) is 5.10 Å². The van der Waals surface area contributed by atoms with Crippen LogP contribution in [-0.4, -0.2) is 45.8 Å².